The summed E-state index contributed by atoms with van der Waals surface area (Å²) >= 11 is 0. The zero-order valence-corrected chi connectivity index (χ0v) is 14.2. The Balaban J connectivity index is 1.69. The van der Waals surface area contributed by atoms with Gasteiger partial charge in [-0.1, -0.05) is 36.4 Å². The maximum atomic E-state index is 12.9. The zero-order chi connectivity index (χ0) is 17.6. The van der Waals surface area contributed by atoms with E-state index in [-0.39, 0.29) is 17.7 Å². The molecule has 1 saturated heterocycles. The monoisotopic (exact) mass is 336 g/mol. The fourth-order valence-corrected chi connectivity index (χ4v) is 3.81. The van der Waals surface area contributed by atoms with Gasteiger partial charge < -0.3 is 15.4 Å². The quantitative estimate of drug-likeness (QED) is 0.829. The number of amides is 2. The minimum Gasteiger partial charge on any atom is -0.468 e. The largest absolute Gasteiger partial charge is 0.468 e. The fraction of sp³-hybridized carbons (Fsp3) is 0.300. The Hall–Kier alpha value is -2.82. The second-order valence-corrected chi connectivity index (χ2v) is 6.95. The first-order chi connectivity index (χ1) is 12.0. The Bertz CT molecular complexity index is 864. The van der Waals surface area contributed by atoms with Gasteiger partial charge in [0, 0.05) is 18.0 Å². The second kappa shape index (κ2) is 5.62. The normalized spacial score (nSPS) is 26.9. The van der Waals surface area contributed by atoms with Crippen molar-refractivity contribution in [3.8, 4) is 5.75 Å². The summed E-state index contributed by atoms with van der Waals surface area (Å²) in [7, 11) is 0. The Morgan fingerprint density at radius 2 is 1.92 bits per heavy atom. The van der Waals surface area contributed by atoms with Crippen LogP contribution in [-0.2, 0) is 9.59 Å². The van der Waals surface area contributed by atoms with Crippen LogP contribution in [0.15, 0.2) is 48.5 Å². The number of hydrogen-bond donors (Lipinski definition) is 2. The molecule has 0 aromatic heterocycles. The predicted molar refractivity (Wildman–Crippen MR) is 94.3 cm³/mol. The minimum absolute atomic E-state index is 0.201. The summed E-state index contributed by atoms with van der Waals surface area (Å²) in [5, 5.41) is 5.79. The van der Waals surface area contributed by atoms with E-state index >= 15 is 0 Å². The summed E-state index contributed by atoms with van der Waals surface area (Å²) in [5.41, 5.74) is 1.84. The van der Waals surface area contributed by atoms with Crippen molar-refractivity contribution in [1.82, 2.24) is 5.32 Å². The number of nitrogens with one attached hydrogen (secondary N) is 2. The third kappa shape index (κ3) is 2.65. The van der Waals surface area contributed by atoms with E-state index in [9.17, 15) is 9.59 Å². The number of ether oxygens (including phenoxy) is 1. The minimum atomic E-state index is -0.780. The number of hydrogen-bond acceptors (Lipinski definition) is 3. The van der Waals surface area contributed by atoms with Crippen molar-refractivity contribution in [2.45, 2.75) is 31.9 Å². The van der Waals surface area contributed by atoms with Gasteiger partial charge in [-0.25, -0.2) is 0 Å². The molecule has 5 heteroatoms. The number of fused-ring (bicyclic) bond motifs is 4. The molecule has 2 unspecified atom stereocenters. The van der Waals surface area contributed by atoms with E-state index in [0.717, 1.165) is 22.6 Å². The average molecular weight is 336 g/mol. The lowest BCUT2D eigenvalue weighted by atomic mass is 9.74. The molecule has 128 valence electrons. The van der Waals surface area contributed by atoms with Crippen molar-refractivity contribution >= 4 is 17.5 Å². The predicted octanol–water partition coefficient (Wildman–Crippen LogP) is 2.96. The first-order valence-electron chi connectivity index (χ1n) is 8.43. The molecule has 25 heavy (non-hydrogen) atoms. The maximum Gasteiger partial charge on any atom is 0.237 e. The molecule has 0 aliphatic carbocycles. The number of rotatable bonds is 2. The van der Waals surface area contributed by atoms with Gasteiger partial charge in [-0.2, -0.15) is 0 Å². The van der Waals surface area contributed by atoms with E-state index < -0.39 is 11.6 Å². The molecule has 2 aromatic carbocycles. The summed E-state index contributed by atoms with van der Waals surface area (Å²) in [5.74, 6) is -0.824. The third-order valence-electron chi connectivity index (χ3n) is 5.02. The topological polar surface area (TPSA) is 67.4 Å². The number of aryl methyl sites for hydroxylation is 1. The van der Waals surface area contributed by atoms with Crippen LogP contribution < -0.4 is 15.4 Å². The van der Waals surface area contributed by atoms with Crippen molar-refractivity contribution in [3.63, 3.8) is 0 Å². The number of anilines is 1. The highest BCUT2D eigenvalue weighted by Crippen LogP contribution is 2.46. The number of benzene rings is 2. The molecule has 3 atom stereocenters. The van der Waals surface area contributed by atoms with E-state index in [0.29, 0.717) is 6.42 Å². The lowest BCUT2D eigenvalue weighted by Gasteiger charge is -2.46. The molecule has 0 spiro atoms. The standard InChI is InChI=1S/C20H20N2O3/c1-12-7-3-5-9-15(12)21-18(23)17-14-11-20(2,22-19(17)24)25-16-10-6-4-8-13(14)16/h3-10,14,17H,11H2,1-2H3,(H,21,23)(H,22,24)/t14?,17?,20-/m1/s1. The van der Waals surface area contributed by atoms with Crippen LogP contribution >= 0.6 is 0 Å². The molecule has 0 radical (unpaired) electrons. The van der Waals surface area contributed by atoms with Gasteiger partial charge in [0.25, 0.3) is 0 Å². The van der Waals surface area contributed by atoms with Crippen molar-refractivity contribution in [2.75, 3.05) is 5.32 Å². The highest BCUT2D eigenvalue weighted by molar-refractivity contribution is 6.08. The number of carbonyl (C=O) groups is 2. The first kappa shape index (κ1) is 15.7. The van der Waals surface area contributed by atoms with Gasteiger partial charge in [0.2, 0.25) is 11.8 Å². The molecule has 2 aliphatic heterocycles. The second-order valence-electron chi connectivity index (χ2n) is 6.95. The van der Waals surface area contributed by atoms with Crippen LogP contribution in [0.25, 0.3) is 0 Å². The Labute approximate surface area is 146 Å². The van der Waals surface area contributed by atoms with Gasteiger partial charge >= 0.3 is 0 Å². The average Bonchev–Trinajstić information content (AvgIpc) is 2.56. The Morgan fingerprint density at radius 3 is 2.72 bits per heavy atom. The molecule has 1 fully saturated rings. The molecule has 5 nitrogen and oxygen atoms in total. The van der Waals surface area contributed by atoms with E-state index in [1.807, 2.05) is 62.4 Å². The molecule has 2 aromatic rings. The zero-order valence-electron chi connectivity index (χ0n) is 14.2. The molecule has 2 aliphatic rings. The van der Waals surface area contributed by atoms with Crippen molar-refractivity contribution in [1.29, 1.82) is 0 Å². The smallest absolute Gasteiger partial charge is 0.237 e. The van der Waals surface area contributed by atoms with Gasteiger partial charge in [-0.05, 0) is 37.1 Å². The highest BCUT2D eigenvalue weighted by Gasteiger charge is 2.51. The lowest BCUT2D eigenvalue weighted by molar-refractivity contribution is -0.145. The summed E-state index contributed by atoms with van der Waals surface area (Å²) in [6.07, 6.45) is 0.571. The van der Waals surface area contributed by atoms with Gasteiger partial charge in [0.1, 0.15) is 11.7 Å². The Kier molecular flexibility index (Phi) is 3.53. The van der Waals surface area contributed by atoms with Crippen molar-refractivity contribution < 1.29 is 14.3 Å². The molecule has 2 heterocycles. The van der Waals surface area contributed by atoms with Crippen LogP contribution in [0.1, 0.15) is 30.4 Å². The number of para-hydroxylation sites is 2. The molecule has 2 amide bonds. The van der Waals surface area contributed by atoms with Crippen LogP contribution in [0, 0.1) is 12.8 Å². The number of carbonyl (C=O) groups excluding carboxylic acids is 2. The third-order valence-corrected chi connectivity index (χ3v) is 5.02. The van der Waals surface area contributed by atoms with Crippen LogP contribution in [-0.4, -0.2) is 17.5 Å². The lowest BCUT2D eigenvalue weighted by Crippen LogP contribution is -2.62. The maximum absolute atomic E-state index is 12.9. The first-order valence-corrected chi connectivity index (χ1v) is 8.43. The van der Waals surface area contributed by atoms with Crippen LogP contribution in [0.4, 0.5) is 5.69 Å². The van der Waals surface area contributed by atoms with Crippen LogP contribution in [0.5, 0.6) is 5.75 Å². The summed E-state index contributed by atoms with van der Waals surface area (Å²) in [4.78, 5) is 25.6. The fourth-order valence-electron chi connectivity index (χ4n) is 3.81. The number of piperidine rings is 1. The highest BCUT2D eigenvalue weighted by atomic mass is 16.5. The Morgan fingerprint density at radius 1 is 1.20 bits per heavy atom. The SMILES string of the molecule is Cc1ccccc1NC(=O)C1C(=O)N[C@@]2(C)CC1c1ccccc1O2. The van der Waals surface area contributed by atoms with Gasteiger partial charge in [0.05, 0.1) is 0 Å². The van der Waals surface area contributed by atoms with Gasteiger partial charge in [-0.3, -0.25) is 9.59 Å². The molecule has 2 N–H and O–H groups in total. The summed E-state index contributed by atoms with van der Waals surface area (Å²) in [6.45, 7) is 3.78. The van der Waals surface area contributed by atoms with Gasteiger partial charge in [0.15, 0.2) is 5.72 Å². The molecule has 0 saturated carbocycles. The molecular weight excluding hydrogens is 316 g/mol. The summed E-state index contributed by atoms with van der Waals surface area (Å²) < 4.78 is 5.96. The van der Waals surface area contributed by atoms with E-state index in [1.54, 1.807) is 0 Å². The molecular formula is C20H20N2O3. The molecule has 2 bridgehead atoms. The van der Waals surface area contributed by atoms with Crippen molar-refractivity contribution in [3.05, 3.63) is 59.7 Å². The van der Waals surface area contributed by atoms with E-state index in [2.05, 4.69) is 10.6 Å². The van der Waals surface area contributed by atoms with Crippen molar-refractivity contribution in [2.24, 2.45) is 5.92 Å². The van der Waals surface area contributed by atoms with Crippen LogP contribution in [0.2, 0.25) is 0 Å². The molecule has 4 rings (SSSR count). The van der Waals surface area contributed by atoms with E-state index in [4.69, 9.17) is 4.74 Å². The van der Waals surface area contributed by atoms with E-state index in [1.165, 1.54) is 0 Å². The summed E-state index contributed by atoms with van der Waals surface area (Å²) in [6, 6.07) is 15.2. The van der Waals surface area contributed by atoms with Crippen LogP contribution in [0.3, 0.4) is 0 Å². The van der Waals surface area contributed by atoms with Gasteiger partial charge in [-0.15, -0.1) is 0 Å².